The van der Waals surface area contributed by atoms with Crippen LogP contribution in [0.25, 0.3) is 0 Å². The Morgan fingerprint density at radius 3 is 3.00 bits per heavy atom. The van der Waals surface area contributed by atoms with Crippen LogP contribution in [0.1, 0.15) is 24.0 Å². The number of hydrogen-bond donors (Lipinski definition) is 1. The molecule has 1 unspecified atom stereocenters. The van der Waals surface area contributed by atoms with Gasteiger partial charge in [-0.25, -0.2) is 4.98 Å². The zero-order valence-corrected chi connectivity index (χ0v) is 13.2. The van der Waals surface area contributed by atoms with Gasteiger partial charge in [0.05, 0.1) is 6.33 Å². The van der Waals surface area contributed by atoms with E-state index in [9.17, 15) is 0 Å². The first-order valence-electron chi connectivity index (χ1n) is 8.29. The van der Waals surface area contributed by atoms with Crippen LogP contribution in [0.4, 0.5) is 0 Å². The fourth-order valence-corrected chi connectivity index (χ4v) is 3.45. The molecule has 0 spiro atoms. The molecule has 2 heterocycles. The van der Waals surface area contributed by atoms with Gasteiger partial charge in [0, 0.05) is 32.0 Å². The van der Waals surface area contributed by atoms with Crippen molar-refractivity contribution >= 4 is 0 Å². The van der Waals surface area contributed by atoms with Crippen LogP contribution in [-0.2, 0) is 19.5 Å². The van der Waals surface area contributed by atoms with Gasteiger partial charge in [0.2, 0.25) is 0 Å². The molecule has 2 N–H and O–H groups in total. The molecule has 1 fully saturated rings. The Labute approximate surface area is 133 Å². The number of hydrogen-bond acceptors (Lipinski definition) is 3. The van der Waals surface area contributed by atoms with E-state index < -0.39 is 0 Å². The number of rotatable bonds is 6. The Morgan fingerprint density at radius 1 is 1.27 bits per heavy atom. The maximum absolute atomic E-state index is 5.66. The van der Waals surface area contributed by atoms with Crippen LogP contribution in [0, 0.1) is 5.92 Å². The molecule has 0 bridgehead atoms. The van der Waals surface area contributed by atoms with Crippen LogP contribution < -0.4 is 5.73 Å². The van der Waals surface area contributed by atoms with Crippen molar-refractivity contribution in [1.82, 2.24) is 14.5 Å². The van der Waals surface area contributed by atoms with Crippen molar-refractivity contribution in [3.05, 3.63) is 54.1 Å². The lowest BCUT2D eigenvalue weighted by atomic mass is 9.97. The first-order chi connectivity index (χ1) is 10.8. The summed E-state index contributed by atoms with van der Waals surface area (Å²) in [6.45, 7) is 5.25. The minimum absolute atomic E-state index is 0.722. The molecular weight excluding hydrogens is 272 g/mol. The zero-order valence-electron chi connectivity index (χ0n) is 13.2. The molecule has 0 saturated carbocycles. The number of nitrogens with two attached hydrogens (primary N) is 1. The Morgan fingerprint density at radius 2 is 2.18 bits per heavy atom. The standard InChI is InChI=1S/C18H26N4/c19-7-6-16-3-1-4-17(11-16)12-21-9-2-5-18(13-21)14-22-10-8-20-15-22/h1,3-4,8,10-11,15,18H,2,5-7,9,12-14,19H2. The van der Waals surface area contributed by atoms with Gasteiger partial charge in [-0.05, 0) is 49.4 Å². The summed E-state index contributed by atoms with van der Waals surface area (Å²) in [5.41, 5.74) is 8.42. The molecule has 1 aromatic heterocycles. The number of benzene rings is 1. The van der Waals surface area contributed by atoms with Crippen LogP contribution in [0.15, 0.2) is 43.0 Å². The van der Waals surface area contributed by atoms with Gasteiger partial charge in [0.25, 0.3) is 0 Å². The summed E-state index contributed by atoms with van der Waals surface area (Å²) in [6.07, 6.45) is 9.44. The van der Waals surface area contributed by atoms with E-state index in [0.29, 0.717) is 0 Å². The van der Waals surface area contributed by atoms with E-state index in [1.807, 2.05) is 12.5 Å². The number of likely N-dealkylation sites (tertiary alicyclic amines) is 1. The Bertz CT molecular complexity index is 564. The predicted octanol–water partition coefficient (Wildman–Crippen LogP) is 2.30. The van der Waals surface area contributed by atoms with E-state index in [-0.39, 0.29) is 0 Å². The van der Waals surface area contributed by atoms with Gasteiger partial charge in [-0.2, -0.15) is 0 Å². The summed E-state index contributed by atoms with van der Waals surface area (Å²) in [6, 6.07) is 8.88. The van der Waals surface area contributed by atoms with Gasteiger partial charge in [-0.1, -0.05) is 24.3 Å². The third-order valence-electron chi connectivity index (χ3n) is 4.46. The molecule has 4 heteroatoms. The van der Waals surface area contributed by atoms with Crippen molar-refractivity contribution in [2.24, 2.45) is 11.7 Å². The first-order valence-corrected chi connectivity index (χ1v) is 8.29. The highest BCUT2D eigenvalue weighted by Gasteiger charge is 2.20. The van der Waals surface area contributed by atoms with Gasteiger partial charge in [0.1, 0.15) is 0 Å². The third kappa shape index (κ3) is 4.18. The first kappa shape index (κ1) is 15.3. The molecule has 3 rings (SSSR count). The lowest BCUT2D eigenvalue weighted by Gasteiger charge is -2.33. The molecule has 118 valence electrons. The lowest BCUT2D eigenvalue weighted by Crippen LogP contribution is -2.36. The minimum atomic E-state index is 0.722. The number of nitrogens with zero attached hydrogens (tertiary/aromatic N) is 3. The lowest BCUT2D eigenvalue weighted by molar-refractivity contribution is 0.156. The normalized spacial score (nSPS) is 19.4. The second kappa shape index (κ2) is 7.56. The summed E-state index contributed by atoms with van der Waals surface area (Å²) >= 11 is 0. The fraction of sp³-hybridized carbons (Fsp3) is 0.500. The van der Waals surface area contributed by atoms with Crippen molar-refractivity contribution in [1.29, 1.82) is 0 Å². The van der Waals surface area contributed by atoms with E-state index in [4.69, 9.17) is 5.73 Å². The van der Waals surface area contributed by atoms with Gasteiger partial charge in [-0.15, -0.1) is 0 Å². The van der Waals surface area contributed by atoms with Crippen LogP contribution in [-0.4, -0.2) is 34.1 Å². The Kier molecular flexibility index (Phi) is 5.24. The smallest absolute Gasteiger partial charge is 0.0946 e. The summed E-state index contributed by atoms with van der Waals surface area (Å²) in [5.74, 6) is 0.732. The molecule has 4 nitrogen and oxygen atoms in total. The molecule has 1 atom stereocenters. The molecule has 1 aromatic carbocycles. The molecule has 0 aliphatic carbocycles. The van der Waals surface area contributed by atoms with E-state index >= 15 is 0 Å². The van der Waals surface area contributed by atoms with E-state index in [2.05, 4.69) is 44.9 Å². The average Bonchev–Trinajstić information content (AvgIpc) is 3.01. The monoisotopic (exact) mass is 298 g/mol. The van der Waals surface area contributed by atoms with Crippen LogP contribution in [0.3, 0.4) is 0 Å². The number of imidazole rings is 1. The van der Waals surface area contributed by atoms with Crippen molar-refractivity contribution < 1.29 is 0 Å². The molecule has 22 heavy (non-hydrogen) atoms. The second-order valence-corrected chi connectivity index (χ2v) is 6.36. The maximum atomic E-state index is 5.66. The fourth-order valence-electron chi connectivity index (χ4n) is 3.45. The highest BCUT2D eigenvalue weighted by atomic mass is 15.1. The SMILES string of the molecule is NCCc1cccc(CN2CCCC(Cn3ccnc3)C2)c1. The highest BCUT2D eigenvalue weighted by molar-refractivity contribution is 5.23. The third-order valence-corrected chi connectivity index (χ3v) is 4.46. The Hall–Kier alpha value is -1.65. The summed E-state index contributed by atoms with van der Waals surface area (Å²) in [5, 5.41) is 0. The molecule has 1 aliphatic rings. The van der Waals surface area contributed by atoms with Crippen LogP contribution >= 0.6 is 0 Å². The molecule has 1 saturated heterocycles. The van der Waals surface area contributed by atoms with Crippen molar-refractivity contribution in [2.75, 3.05) is 19.6 Å². The average molecular weight is 298 g/mol. The topological polar surface area (TPSA) is 47.1 Å². The van der Waals surface area contributed by atoms with Gasteiger partial charge < -0.3 is 10.3 Å². The summed E-state index contributed by atoms with van der Waals surface area (Å²) in [7, 11) is 0. The number of piperidine rings is 1. The largest absolute Gasteiger partial charge is 0.337 e. The molecular formula is C18H26N4. The summed E-state index contributed by atoms with van der Waals surface area (Å²) in [4.78, 5) is 6.73. The summed E-state index contributed by atoms with van der Waals surface area (Å²) < 4.78 is 2.20. The van der Waals surface area contributed by atoms with Crippen molar-refractivity contribution in [2.45, 2.75) is 32.4 Å². The van der Waals surface area contributed by atoms with Gasteiger partial charge in [0.15, 0.2) is 0 Å². The van der Waals surface area contributed by atoms with Crippen molar-refractivity contribution in [3.63, 3.8) is 0 Å². The van der Waals surface area contributed by atoms with Crippen LogP contribution in [0.2, 0.25) is 0 Å². The second-order valence-electron chi connectivity index (χ2n) is 6.36. The molecule has 0 amide bonds. The van der Waals surface area contributed by atoms with Gasteiger partial charge >= 0.3 is 0 Å². The maximum Gasteiger partial charge on any atom is 0.0946 e. The molecule has 1 aliphatic heterocycles. The molecule has 2 aromatic rings. The van der Waals surface area contributed by atoms with E-state index in [1.54, 1.807) is 0 Å². The van der Waals surface area contributed by atoms with E-state index in [0.717, 1.165) is 32.0 Å². The quantitative estimate of drug-likeness (QED) is 0.890. The highest BCUT2D eigenvalue weighted by Crippen LogP contribution is 2.20. The van der Waals surface area contributed by atoms with Gasteiger partial charge in [-0.3, -0.25) is 4.90 Å². The molecule has 0 radical (unpaired) electrons. The Balaban J connectivity index is 1.56. The van der Waals surface area contributed by atoms with Crippen LogP contribution in [0.5, 0.6) is 0 Å². The van der Waals surface area contributed by atoms with Crippen molar-refractivity contribution in [3.8, 4) is 0 Å². The minimum Gasteiger partial charge on any atom is -0.337 e. The number of aromatic nitrogens is 2. The van der Waals surface area contributed by atoms with E-state index in [1.165, 1.54) is 37.1 Å². The zero-order chi connectivity index (χ0) is 15.2. The predicted molar refractivity (Wildman–Crippen MR) is 89.4 cm³/mol.